The molecular formula is C24H24N2O3. The van der Waals surface area contributed by atoms with Crippen molar-refractivity contribution >= 4 is 28.9 Å². The normalized spacial score (nSPS) is 10.3. The molecular weight excluding hydrogens is 364 g/mol. The summed E-state index contributed by atoms with van der Waals surface area (Å²) in [5, 5.41) is 6.18. The lowest BCUT2D eigenvalue weighted by Crippen LogP contribution is -2.14. The van der Waals surface area contributed by atoms with Crippen LogP contribution in [0.4, 0.5) is 17.1 Å². The van der Waals surface area contributed by atoms with Crippen molar-refractivity contribution in [2.24, 2.45) is 0 Å². The van der Waals surface area contributed by atoms with Crippen LogP contribution in [0.1, 0.15) is 28.4 Å². The van der Waals surface area contributed by atoms with E-state index >= 15 is 0 Å². The van der Waals surface area contributed by atoms with Gasteiger partial charge in [0.05, 0.1) is 18.6 Å². The first-order chi connectivity index (χ1) is 14.0. The van der Waals surface area contributed by atoms with Crippen LogP contribution in [0, 0.1) is 6.92 Å². The molecule has 0 aliphatic rings. The number of ether oxygens (including phenoxy) is 1. The van der Waals surface area contributed by atoms with E-state index < -0.39 is 0 Å². The van der Waals surface area contributed by atoms with Crippen LogP contribution < -0.4 is 10.6 Å². The fraction of sp³-hybridized carbons (Fsp3) is 0.167. The summed E-state index contributed by atoms with van der Waals surface area (Å²) in [6, 6.07) is 22.5. The Kier molecular flexibility index (Phi) is 6.63. The predicted molar refractivity (Wildman–Crippen MR) is 116 cm³/mol. The minimum absolute atomic E-state index is 0.0501. The van der Waals surface area contributed by atoms with Crippen LogP contribution in [0.2, 0.25) is 0 Å². The third kappa shape index (κ3) is 5.94. The fourth-order valence-corrected chi connectivity index (χ4v) is 2.92. The first kappa shape index (κ1) is 20.1. The van der Waals surface area contributed by atoms with Crippen molar-refractivity contribution in [1.29, 1.82) is 0 Å². The summed E-state index contributed by atoms with van der Waals surface area (Å²) in [6.45, 7) is 4.15. The van der Waals surface area contributed by atoms with Gasteiger partial charge in [-0.05, 0) is 67.9 Å². The molecule has 3 aromatic carbocycles. The molecule has 0 aliphatic heterocycles. The molecule has 0 spiro atoms. The Morgan fingerprint density at radius 3 is 2.10 bits per heavy atom. The Labute approximate surface area is 170 Å². The van der Waals surface area contributed by atoms with Crippen molar-refractivity contribution in [3.05, 3.63) is 89.5 Å². The third-order valence-electron chi connectivity index (χ3n) is 4.30. The average Bonchev–Trinajstić information content (AvgIpc) is 2.70. The Hall–Kier alpha value is -3.60. The summed E-state index contributed by atoms with van der Waals surface area (Å²) in [7, 11) is 0. The van der Waals surface area contributed by atoms with Gasteiger partial charge >= 0.3 is 5.97 Å². The van der Waals surface area contributed by atoms with Crippen molar-refractivity contribution in [2.45, 2.75) is 20.3 Å². The summed E-state index contributed by atoms with van der Waals surface area (Å²) in [5.41, 5.74) is 5.13. The highest BCUT2D eigenvalue weighted by atomic mass is 16.5. The number of nitrogens with one attached hydrogen (secondary N) is 2. The third-order valence-corrected chi connectivity index (χ3v) is 4.30. The molecule has 0 unspecified atom stereocenters. The van der Waals surface area contributed by atoms with E-state index in [-0.39, 0.29) is 11.9 Å². The summed E-state index contributed by atoms with van der Waals surface area (Å²) >= 11 is 0. The lowest BCUT2D eigenvalue weighted by atomic mass is 10.1. The Morgan fingerprint density at radius 1 is 0.862 bits per heavy atom. The zero-order valence-electron chi connectivity index (χ0n) is 16.6. The number of amides is 1. The summed E-state index contributed by atoms with van der Waals surface area (Å²) in [5.74, 6) is -0.379. The largest absolute Gasteiger partial charge is 0.462 e. The number of hydrogen-bond acceptors (Lipinski definition) is 4. The molecule has 5 heteroatoms. The Morgan fingerprint density at radius 2 is 1.48 bits per heavy atom. The summed E-state index contributed by atoms with van der Waals surface area (Å²) in [6.07, 6.45) is 0.342. The second-order valence-corrected chi connectivity index (χ2v) is 6.71. The molecule has 3 aromatic rings. The van der Waals surface area contributed by atoms with Gasteiger partial charge in [0.1, 0.15) is 0 Å². The van der Waals surface area contributed by atoms with E-state index in [0.717, 1.165) is 28.2 Å². The molecule has 3 rings (SSSR count). The van der Waals surface area contributed by atoms with Crippen LogP contribution in [0.15, 0.2) is 72.8 Å². The average molecular weight is 388 g/mol. The van der Waals surface area contributed by atoms with Gasteiger partial charge in [-0.3, -0.25) is 4.79 Å². The molecule has 148 valence electrons. The number of esters is 1. The number of hydrogen-bond donors (Lipinski definition) is 2. The van der Waals surface area contributed by atoms with Crippen LogP contribution in [0.3, 0.4) is 0 Å². The molecule has 0 atom stereocenters. The highest BCUT2D eigenvalue weighted by Gasteiger charge is 2.07. The van der Waals surface area contributed by atoms with E-state index in [2.05, 4.69) is 10.6 Å². The minimum atomic E-state index is -0.329. The Bertz CT molecular complexity index is 980. The highest BCUT2D eigenvalue weighted by molar-refractivity contribution is 5.92. The van der Waals surface area contributed by atoms with Crippen LogP contribution in [-0.4, -0.2) is 18.5 Å². The van der Waals surface area contributed by atoms with Crippen LogP contribution in [0.5, 0.6) is 0 Å². The molecule has 0 aromatic heterocycles. The molecule has 2 N–H and O–H groups in total. The van der Waals surface area contributed by atoms with Crippen molar-refractivity contribution < 1.29 is 14.3 Å². The predicted octanol–water partition coefficient (Wildman–Crippen LogP) is 5.10. The van der Waals surface area contributed by atoms with E-state index in [9.17, 15) is 9.59 Å². The molecule has 1 amide bonds. The van der Waals surface area contributed by atoms with Crippen LogP contribution in [0.25, 0.3) is 0 Å². The van der Waals surface area contributed by atoms with Crippen molar-refractivity contribution in [2.75, 3.05) is 17.2 Å². The van der Waals surface area contributed by atoms with Crippen molar-refractivity contribution in [1.82, 2.24) is 0 Å². The molecule has 0 fully saturated rings. The number of carbonyl (C=O) groups excluding carboxylic acids is 2. The number of carbonyl (C=O) groups is 2. The topological polar surface area (TPSA) is 67.4 Å². The molecule has 5 nitrogen and oxygen atoms in total. The van der Waals surface area contributed by atoms with Gasteiger partial charge in [-0.25, -0.2) is 4.79 Å². The van der Waals surface area contributed by atoms with E-state index in [1.54, 1.807) is 19.1 Å². The highest BCUT2D eigenvalue weighted by Crippen LogP contribution is 2.20. The first-order valence-corrected chi connectivity index (χ1v) is 9.53. The molecule has 0 aliphatic carbocycles. The van der Waals surface area contributed by atoms with Crippen LogP contribution in [-0.2, 0) is 16.0 Å². The zero-order chi connectivity index (χ0) is 20.6. The maximum atomic E-state index is 12.2. The quantitative estimate of drug-likeness (QED) is 0.553. The second kappa shape index (κ2) is 9.55. The monoisotopic (exact) mass is 388 g/mol. The SMILES string of the molecule is CCOC(=O)c1ccc(Nc2ccc(NC(=O)Cc3cccc(C)c3)cc2)cc1. The van der Waals surface area contributed by atoms with Gasteiger partial charge < -0.3 is 15.4 Å². The zero-order valence-corrected chi connectivity index (χ0v) is 16.6. The van der Waals surface area contributed by atoms with Gasteiger partial charge in [-0.1, -0.05) is 29.8 Å². The Balaban J connectivity index is 1.56. The smallest absolute Gasteiger partial charge is 0.338 e. The van der Waals surface area contributed by atoms with E-state index in [4.69, 9.17) is 4.74 Å². The van der Waals surface area contributed by atoms with Crippen LogP contribution >= 0.6 is 0 Å². The summed E-state index contributed by atoms with van der Waals surface area (Å²) in [4.78, 5) is 23.9. The van der Waals surface area contributed by atoms with Gasteiger partial charge in [0.25, 0.3) is 0 Å². The fourth-order valence-electron chi connectivity index (χ4n) is 2.92. The molecule has 29 heavy (non-hydrogen) atoms. The van der Waals surface area contributed by atoms with Gasteiger partial charge in [-0.2, -0.15) is 0 Å². The van der Waals surface area contributed by atoms with Crippen molar-refractivity contribution in [3.8, 4) is 0 Å². The molecule has 0 heterocycles. The lowest BCUT2D eigenvalue weighted by Gasteiger charge is -2.10. The maximum absolute atomic E-state index is 12.2. The van der Waals surface area contributed by atoms with Gasteiger partial charge in [0.15, 0.2) is 0 Å². The number of rotatable bonds is 7. The van der Waals surface area contributed by atoms with E-state index in [1.165, 1.54) is 0 Å². The van der Waals surface area contributed by atoms with Crippen molar-refractivity contribution in [3.63, 3.8) is 0 Å². The lowest BCUT2D eigenvalue weighted by molar-refractivity contribution is -0.115. The number of benzene rings is 3. The number of aryl methyl sites for hydroxylation is 1. The molecule has 0 saturated carbocycles. The maximum Gasteiger partial charge on any atom is 0.338 e. The number of anilines is 3. The van der Waals surface area contributed by atoms with Gasteiger partial charge in [0.2, 0.25) is 5.91 Å². The van der Waals surface area contributed by atoms with E-state index in [0.29, 0.717) is 18.6 Å². The molecule has 0 radical (unpaired) electrons. The second-order valence-electron chi connectivity index (χ2n) is 6.71. The minimum Gasteiger partial charge on any atom is -0.462 e. The van der Waals surface area contributed by atoms with Gasteiger partial charge in [-0.15, -0.1) is 0 Å². The molecule has 0 saturated heterocycles. The van der Waals surface area contributed by atoms with Gasteiger partial charge in [0, 0.05) is 17.1 Å². The standard InChI is InChI=1S/C24H24N2O3/c1-3-29-24(28)19-7-9-20(10-8-19)25-21-11-13-22(14-12-21)26-23(27)16-18-6-4-5-17(2)15-18/h4-15,25H,3,16H2,1-2H3,(H,26,27). The summed E-state index contributed by atoms with van der Waals surface area (Å²) < 4.78 is 4.98. The first-order valence-electron chi connectivity index (χ1n) is 9.53. The van der Waals surface area contributed by atoms with E-state index in [1.807, 2.05) is 67.6 Å². The molecule has 0 bridgehead atoms.